The number of carbonyl (C=O) groups is 2. The zero-order chi connectivity index (χ0) is 10.8. The number of rotatable bonds is 2. The van der Waals surface area contributed by atoms with Gasteiger partial charge in [0, 0.05) is 13.0 Å². The quantitative estimate of drug-likeness (QED) is 0.684. The third kappa shape index (κ3) is 1.77. The molecule has 0 aromatic heterocycles. The van der Waals surface area contributed by atoms with Crippen molar-refractivity contribution in [3.05, 3.63) is 35.9 Å². The molecule has 1 fully saturated rings. The van der Waals surface area contributed by atoms with Crippen LogP contribution in [0.15, 0.2) is 30.3 Å². The standard InChI is InChI=1S/C12H13NO2/c1-9(10-5-3-2-4-6-10)13-8-7-11(14)12(13)15/h2-6,9H,7-8H2,1H3. The molecular formula is C12H13NO2. The summed E-state index contributed by atoms with van der Waals surface area (Å²) in [6, 6.07) is 9.75. The van der Waals surface area contributed by atoms with E-state index in [1.807, 2.05) is 37.3 Å². The molecule has 1 unspecified atom stereocenters. The van der Waals surface area contributed by atoms with E-state index in [2.05, 4.69) is 0 Å². The van der Waals surface area contributed by atoms with E-state index in [0.717, 1.165) is 5.56 Å². The summed E-state index contributed by atoms with van der Waals surface area (Å²) in [5, 5.41) is 0. The van der Waals surface area contributed by atoms with Gasteiger partial charge in [-0.05, 0) is 12.5 Å². The molecule has 0 saturated carbocycles. The highest BCUT2D eigenvalue weighted by molar-refractivity contribution is 6.37. The summed E-state index contributed by atoms with van der Waals surface area (Å²) >= 11 is 0. The number of likely N-dealkylation sites (tertiary alicyclic amines) is 1. The van der Waals surface area contributed by atoms with E-state index in [1.54, 1.807) is 4.90 Å². The van der Waals surface area contributed by atoms with Gasteiger partial charge in [-0.15, -0.1) is 0 Å². The molecule has 1 aliphatic rings. The lowest BCUT2D eigenvalue weighted by atomic mass is 10.1. The van der Waals surface area contributed by atoms with Gasteiger partial charge < -0.3 is 4.90 Å². The van der Waals surface area contributed by atoms with Crippen molar-refractivity contribution in [3.8, 4) is 0 Å². The summed E-state index contributed by atoms with van der Waals surface area (Å²) < 4.78 is 0. The molecule has 1 saturated heterocycles. The second-order valence-electron chi connectivity index (χ2n) is 3.76. The zero-order valence-corrected chi connectivity index (χ0v) is 8.64. The molecular weight excluding hydrogens is 190 g/mol. The molecule has 3 heteroatoms. The van der Waals surface area contributed by atoms with Crippen LogP contribution in [-0.2, 0) is 9.59 Å². The van der Waals surface area contributed by atoms with Crippen molar-refractivity contribution in [2.45, 2.75) is 19.4 Å². The van der Waals surface area contributed by atoms with Gasteiger partial charge in [0.25, 0.3) is 5.91 Å². The van der Waals surface area contributed by atoms with Crippen LogP contribution in [0.5, 0.6) is 0 Å². The van der Waals surface area contributed by atoms with Gasteiger partial charge >= 0.3 is 0 Å². The average molecular weight is 203 g/mol. The first-order valence-corrected chi connectivity index (χ1v) is 5.09. The van der Waals surface area contributed by atoms with E-state index in [0.29, 0.717) is 13.0 Å². The van der Waals surface area contributed by atoms with E-state index in [1.165, 1.54) is 0 Å². The molecule has 1 heterocycles. The first kappa shape index (κ1) is 9.90. The predicted octanol–water partition coefficient (Wildman–Crippen LogP) is 1.55. The van der Waals surface area contributed by atoms with E-state index in [9.17, 15) is 9.59 Å². The second-order valence-corrected chi connectivity index (χ2v) is 3.76. The van der Waals surface area contributed by atoms with Gasteiger partial charge in [0.15, 0.2) is 0 Å². The van der Waals surface area contributed by atoms with Gasteiger partial charge in [0.05, 0.1) is 6.04 Å². The predicted molar refractivity (Wildman–Crippen MR) is 56.2 cm³/mol. The van der Waals surface area contributed by atoms with Crippen LogP contribution in [-0.4, -0.2) is 23.1 Å². The molecule has 15 heavy (non-hydrogen) atoms. The van der Waals surface area contributed by atoms with Gasteiger partial charge in [-0.3, -0.25) is 9.59 Å². The Morgan fingerprint density at radius 1 is 1.20 bits per heavy atom. The molecule has 0 aliphatic carbocycles. The van der Waals surface area contributed by atoms with Gasteiger partial charge in [-0.2, -0.15) is 0 Å². The maximum Gasteiger partial charge on any atom is 0.290 e. The normalized spacial score (nSPS) is 18.3. The highest BCUT2D eigenvalue weighted by atomic mass is 16.2. The fourth-order valence-corrected chi connectivity index (χ4v) is 1.87. The maximum absolute atomic E-state index is 11.5. The fourth-order valence-electron chi connectivity index (χ4n) is 1.87. The molecule has 1 aromatic carbocycles. The lowest BCUT2D eigenvalue weighted by Gasteiger charge is -2.23. The first-order chi connectivity index (χ1) is 7.20. The zero-order valence-electron chi connectivity index (χ0n) is 8.64. The summed E-state index contributed by atoms with van der Waals surface area (Å²) in [4.78, 5) is 24.3. The number of nitrogens with zero attached hydrogens (tertiary/aromatic N) is 1. The topological polar surface area (TPSA) is 37.4 Å². The molecule has 0 radical (unpaired) electrons. The number of benzene rings is 1. The van der Waals surface area contributed by atoms with Crippen LogP contribution in [0.1, 0.15) is 24.9 Å². The fraction of sp³-hybridized carbons (Fsp3) is 0.333. The lowest BCUT2D eigenvalue weighted by Crippen LogP contribution is -2.30. The maximum atomic E-state index is 11.5. The molecule has 1 atom stereocenters. The van der Waals surface area contributed by atoms with Crippen molar-refractivity contribution >= 4 is 11.7 Å². The van der Waals surface area contributed by atoms with Crippen LogP contribution in [0.3, 0.4) is 0 Å². The van der Waals surface area contributed by atoms with Gasteiger partial charge in [0.1, 0.15) is 0 Å². The Labute approximate surface area is 88.7 Å². The van der Waals surface area contributed by atoms with Crippen molar-refractivity contribution in [2.75, 3.05) is 6.54 Å². The molecule has 78 valence electrons. The Kier molecular flexibility index (Phi) is 2.54. The Hall–Kier alpha value is -1.64. The van der Waals surface area contributed by atoms with Crippen LogP contribution in [0.2, 0.25) is 0 Å². The summed E-state index contributed by atoms with van der Waals surface area (Å²) in [6.07, 6.45) is 0.357. The van der Waals surface area contributed by atoms with E-state index >= 15 is 0 Å². The number of hydrogen-bond acceptors (Lipinski definition) is 2. The van der Waals surface area contributed by atoms with Crippen LogP contribution in [0.4, 0.5) is 0 Å². The van der Waals surface area contributed by atoms with Gasteiger partial charge in [-0.1, -0.05) is 30.3 Å². The van der Waals surface area contributed by atoms with Crippen molar-refractivity contribution in [1.29, 1.82) is 0 Å². The van der Waals surface area contributed by atoms with E-state index in [-0.39, 0.29) is 17.7 Å². The number of Topliss-reactive ketones (excluding diaryl/α,β-unsaturated/α-hetero) is 1. The molecule has 1 aliphatic heterocycles. The number of ketones is 1. The monoisotopic (exact) mass is 203 g/mol. The molecule has 2 rings (SSSR count). The van der Waals surface area contributed by atoms with Gasteiger partial charge in [0.2, 0.25) is 5.78 Å². The third-order valence-electron chi connectivity index (χ3n) is 2.83. The van der Waals surface area contributed by atoms with Crippen molar-refractivity contribution < 1.29 is 9.59 Å². The summed E-state index contributed by atoms with van der Waals surface area (Å²) in [7, 11) is 0. The minimum absolute atomic E-state index is 0.00912. The Balaban J connectivity index is 2.19. The lowest BCUT2D eigenvalue weighted by molar-refractivity contribution is -0.141. The smallest absolute Gasteiger partial charge is 0.290 e. The van der Waals surface area contributed by atoms with E-state index in [4.69, 9.17) is 0 Å². The van der Waals surface area contributed by atoms with Crippen molar-refractivity contribution in [1.82, 2.24) is 4.90 Å². The minimum atomic E-state index is -0.341. The number of hydrogen-bond donors (Lipinski definition) is 0. The molecule has 0 bridgehead atoms. The van der Waals surface area contributed by atoms with Crippen LogP contribution >= 0.6 is 0 Å². The largest absolute Gasteiger partial charge is 0.329 e. The third-order valence-corrected chi connectivity index (χ3v) is 2.83. The molecule has 0 spiro atoms. The molecule has 3 nitrogen and oxygen atoms in total. The SMILES string of the molecule is CC(c1ccccc1)N1CCC(=O)C1=O. The Morgan fingerprint density at radius 3 is 2.40 bits per heavy atom. The highest BCUT2D eigenvalue weighted by Crippen LogP contribution is 2.23. The first-order valence-electron chi connectivity index (χ1n) is 5.09. The second kappa shape index (κ2) is 3.85. The van der Waals surface area contributed by atoms with Crippen LogP contribution in [0.25, 0.3) is 0 Å². The number of amides is 1. The van der Waals surface area contributed by atoms with Crippen molar-refractivity contribution in [2.24, 2.45) is 0 Å². The Morgan fingerprint density at radius 2 is 1.87 bits per heavy atom. The summed E-state index contributed by atoms with van der Waals surface area (Å²) in [5.74, 6) is -0.607. The van der Waals surface area contributed by atoms with Crippen molar-refractivity contribution in [3.63, 3.8) is 0 Å². The molecule has 1 amide bonds. The summed E-state index contributed by atoms with van der Waals surface area (Å²) in [6.45, 7) is 2.50. The average Bonchev–Trinajstić information content (AvgIpc) is 2.60. The summed E-state index contributed by atoms with van der Waals surface area (Å²) in [5.41, 5.74) is 1.07. The molecule has 1 aromatic rings. The van der Waals surface area contributed by atoms with Crippen LogP contribution in [0, 0.1) is 0 Å². The Bertz CT molecular complexity index is 386. The van der Waals surface area contributed by atoms with Crippen LogP contribution < -0.4 is 0 Å². The highest BCUT2D eigenvalue weighted by Gasteiger charge is 2.32. The molecule has 0 N–H and O–H groups in total. The van der Waals surface area contributed by atoms with E-state index < -0.39 is 0 Å². The van der Waals surface area contributed by atoms with Gasteiger partial charge in [-0.25, -0.2) is 0 Å². The minimum Gasteiger partial charge on any atom is -0.329 e. The number of carbonyl (C=O) groups excluding carboxylic acids is 2.